The quantitative estimate of drug-likeness (QED) is 0.816. The van der Waals surface area contributed by atoms with E-state index in [2.05, 4.69) is 32.9 Å². The van der Waals surface area contributed by atoms with Crippen molar-refractivity contribution < 1.29 is 8.94 Å². The topological polar surface area (TPSA) is 58.5 Å². The maximum atomic E-state index is 5.72. The van der Waals surface area contributed by atoms with Crippen molar-refractivity contribution in [3.63, 3.8) is 0 Å². The summed E-state index contributed by atoms with van der Waals surface area (Å²) in [6.45, 7) is 12.3. The SMILES string of the molecule is Cc1ccc([C@@H](C)CCN2CCN(Cc3noc(C)n3)CC2)o1. The Morgan fingerprint density at radius 3 is 2.48 bits per heavy atom. The Balaban J connectivity index is 1.39. The fourth-order valence-electron chi connectivity index (χ4n) is 3.01. The minimum Gasteiger partial charge on any atom is -0.466 e. The van der Waals surface area contributed by atoms with Gasteiger partial charge in [-0.25, -0.2) is 0 Å². The Morgan fingerprint density at radius 2 is 1.87 bits per heavy atom. The van der Waals surface area contributed by atoms with Gasteiger partial charge >= 0.3 is 0 Å². The summed E-state index contributed by atoms with van der Waals surface area (Å²) in [6.07, 6.45) is 1.14. The van der Waals surface area contributed by atoms with Gasteiger partial charge in [0, 0.05) is 39.0 Å². The molecule has 3 rings (SSSR count). The van der Waals surface area contributed by atoms with Crippen LogP contribution in [-0.2, 0) is 6.54 Å². The molecule has 2 aromatic heterocycles. The van der Waals surface area contributed by atoms with Crippen molar-refractivity contribution in [2.24, 2.45) is 0 Å². The zero-order chi connectivity index (χ0) is 16.2. The second kappa shape index (κ2) is 7.27. The van der Waals surface area contributed by atoms with E-state index < -0.39 is 0 Å². The first-order valence-corrected chi connectivity index (χ1v) is 8.40. The van der Waals surface area contributed by atoms with Gasteiger partial charge in [0.25, 0.3) is 0 Å². The molecule has 1 atom stereocenters. The van der Waals surface area contributed by atoms with Crippen LogP contribution in [0.4, 0.5) is 0 Å². The van der Waals surface area contributed by atoms with Crippen molar-refractivity contribution in [3.05, 3.63) is 35.4 Å². The van der Waals surface area contributed by atoms with Crippen LogP contribution < -0.4 is 0 Å². The van der Waals surface area contributed by atoms with Crippen LogP contribution in [0.5, 0.6) is 0 Å². The van der Waals surface area contributed by atoms with E-state index in [9.17, 15) is 0 Å². The van der Waals surface area contributed by atoms with E-state index in [1.807, 2.05) is 19.9 Å². The van der Waals surface area contributed by atoms with Gasteiger partial charge in [-0.05, 0) is 32.0 Å². The molecule has 0 spiro atoms. The van der Waals surface area contributed by atoms with Gasteiger partial charge in [-0.3, -0.25) is 4.90 Å². The lowest BCUT2D eigenvalue weighted by atomic mass is 10.0. The van der Waals surface area contributed by atoms with Crippen LogP contribution in [-0.4, -0.2) is 52.7 Å². The highest BCUT2D eigenvalue weighted by Crippen LogP contribution is 2.21. The molecule has 1 saturated heterocycles. The molecule has 0 aliphatic carbocycles. The fourth-order valence-corrected chi connectivity index (χ4v) is 3.01. The molecule has 1 aliphatic rings. The van der Waals surface area contributed by atoms with Crippen LogP contribution in [0, 0.1) is 13.8 Å². The van der Waals surface area contributed by atoms with Crippen molar-refractivity contribution >= 4 is 0 Å². The summed E-state index contributed by atoms with van der Waals surface area (Å²) in [5.41, 5.74) is 0. The second-order valence-electron chi connectivity index (χ2n) is 6.49. The standard InChI is InChI=1S/C17H26N4O2/c1-13(16-5-4-14(2)22-16)6-7-20-8-10-21(11-9-20)12-17-18-15(3)23-19-17/h4-5,13H,6-12H2,1-3H3/t13-/m0/s1. The zero-order valence-corrected chi connectivity index (χ0v) is 14.3. The van der Waals surface area contributed by atoms with Gasteiger partial charge in [-0.1, -0.05) is 12.1 Å². The molecule has 1 fully saturated rings. The molecule has 1 aliphatic heterocycles. The van der Waals surface area contributed by atoms with Crippen LogP contribution in [0.2, 0.25) is 0 Å². The minimum atomic E-state index is 0.476. The summed E-state index contributed by atoms with van der Waals surface area (Å²) in [7, 11) is 0. The molecule has 6 heteroatoms. The summed E-state index contributed by atoms with van der Waals surface area (Å²) in [5, 5.41) is 3.97. The molecule has 126 valence electrons. The molecule has 0 amide bonds. The first kappa shape index (κ1) is 16.2. The van der Waals surface area contributed by atoms with Gasteiger partial charge in [0.1, 0.15) is 11.5 Å². The Hall–Kier alpha value is -1.66. The number of aromatic nitrogens is 2. The number of hydrogen-bond donors (Lipinski definition) is 0. The average Bonchev–Trinajstić information content (AvgIpc) is 3.15. The fraction of sp³-hybridized carbons (Fsp3) is 0.647. The largest absolute Gasteiger partial charge is 0.466 e. The molecular formula is C17H26N4O2. The minimum absolute atomic E-state index is 0.476. The van der Waals surface area contributed by atoms with E-state index in [1.54, 1.807) is 0 Å². The lowest BCUT2D eigenvalue weighted by Gasteiger charge is -2.34. The van der Waals surface area contributed by atoms with Crippen molar-refractivity contribution in [1.82, 2.24) is 19.9 Å². The lowest BCUT2D eigenvalue weighted by Crippen LogP contribution is -2.46. The van der Waals surface area contributed by atoms with E-state index in [0.29, 0.717) is 11.8 Å². The summed E-state index contributed by atoms with van der Waals surface area (Å²) in [6, 6.07) is 4.15. The highest BCUT2D eigenvalue weighted by Gasteiger charge is 2.19. The van der Waals surface area contributed by atoms with E-state index in [4.69, 9.17) is 8.94 Å². The van der Waals surface area contributed by atoms with Crippen LogP contribution >= 0.6 is 0 Å². The maximum absolute atomic E-state index is 5.72. The molecule has 23 heavy (non-hydrogen) atoms. The number of piperazine rings is 1. The first-order chi connectivity index (χ1) is 11.1. The monoisotopic (exact) mass is 318 g/mol. The third-order valence-corrected chi connectivity index (χ3v) is 4.52. The Kier molecular flexibility index (Phi) is 5.13. The summed E-state index contributed by atoms with van der Waals surface area (Å²) in [5.74, 6) is 4.01. The van der Waals surface area contributed by atoms with Gasteiger partial charge in [-0.2, -0.15) is 4.98 Å². The first-order valence-electron chi connectivity index (χ1n) is 8.40. The van der Waals surface area contributed by atoms with Gasteiger partial charge < -0.3 is 13.8 Å². The van der Waals surface area contributed by atoms with Crippen molar-refractivity contribution in [2.75, 3.05) is 32.7 Å². The highest BCUT2D eigenvalue weighted by molar-refractivity contribution is 5.09. The average molecular weight is 318 g/mol. The predicted octanol–water partition coefficient (Wildman–Crippen LogP) is 2.59. The van der Waals surface area contributed by atoms with Crippen LogP contribution in [0.1, 0.15) is 42.5 Å². The van der Waals surface area contributed by atoms with Crippen molar-refractivity contribution in [2.45, 2.75) is 39.7 Å². The van der Waals surface area contributed by atoms with E-state index in [1.165, 1.54) is 0 Å². The predicted molar refractivity (Wildman–Crippen MR) is 87.2 cm³/mol. The van der Waals surface area contributed by atoms with Crippen LogP contribution in [0.15, 0.2) is 21.1 Å². The molecule has 0 aromatic carbocycles. The second-order valence-corrected chi connectivity index (χ2v) is 6.49. The highest BCUT2D eigenvalue weighted by atomic mass is 16.5. The maximum Gasteiger partial charge on any atom is 0.223 e. The molecule has 0 radical (unpaired) electrons. The number of rotatable bonds is 6. The van der Waals surface area contributed by atoms with E-state index in [-0.39, 0.29) is 0 Å². The summed E-state index contributed by atoms with van der Waals surface area (Å²) < 4.78 is 10.7. The van der Waals surface area contributed by atoms with Crippen LogP contribution in [0.3, 0.4) is 0 Å². The zero-order valence-electron chi connectivity index (χ0n) is 14.3. The molecule has 3 heterocycles. The van der Waals surface area contributed by atoms with Gasteiger partial charge in [0.2, 0.25) is 5.89 Å². The normalized spacial score (nSPS) is 18.4. The smallest absolute Gasteiger partial charge is 0.223 e. The van der Waals surface area contributed by atoms with Crippen molar-refractivity contribution in [3.8, 4) is 0 Å². The van der Waals surface area contributed by atoms with Gasteiger partial charge in [0.05, 0.1) is 6.54 Å². The molecule has 0 N–H and O–H groups in total. The van der Waals surface area contributed by atoms with Gasteiger partial charge in [-0.15, -0.1) is 0 Å². The van der Waals surface area contributed by atoms with Crippen LogP contribution in [0.25, 0.3) is 0 Å². The molecule has 0 unspecified atom stereocenters. The number of furan rings is 1. The number of aryl methyl sites for hydroxylation is 2. The Labute approximate surface area is 137 Å². The summed E-state index contributed by atoms with van der Waals surface area (Å²) >= 11 is 0. The number of hydrogen-bond acceptors (Lipinski definition) is 6. The molecule has 0 saturated carbocycles. The summed E-state index contributed by atoms with van der Waals surface area (Å²) in [4.78, 5) is 9.20. The number of nitrogens with zero attached hydrogens (tertiary/aromatic N) is 4. The van der Waals surface area contributed by atoms with Crippen molar-refractivity contribution in [1.29, 1.82) is 0 Å². The molecular weight excluding hydrogens is 292 g/mol. The molecule has 6 nitrogen and oxygen atoms in total. The Morgan fingerprint density at radius 1 is 1.13 bits per heavy atom. The van der Waals surface area contributed by atoms with E-state index in [0.717, 1.165) is 63.0 Å². The van der Waals surface area contributed by atoms with E-state index >= 15 is 0 Å². The third-order valence-electron chi connectivity index (χ3n) is 4.52. The molecule has 0 bridgehead atoms. The molecule has 2 aromatic rings. The lowest BCUT2D eigenvalue weighted by molar-refractivity contribution is 0.121. The third kappa shape index (κ3) is 4.42. The van der Waals surface area contributed by atoms with Gasteiger partial charge in [0.15, 0.2) is 5.82 Å². The Bertz CT molecular complexity index is 614.